The highest BCUT2D eigenvalue weighted by atomic mass is 19.3. The number of carbonyl (C=O) groups excluding carboxylic acids is 2. The van der Waals surface area contributed by atoms with Crippen molar-refractivity contribution in [1.82, 2.24) is 20.0 Å². The van der Waals surface area contributed by atoms with Crippen LogP contribution in [0.4, 0.5) is 8.78 Å². The number of hydrogen-bond acceptors (Lipinski definition) is 4. The van der Waals surface area contributed by atoms with E-state index in [1.807, 2.05) is 0 Å². The van der Waals surface area contributed by atoms with Crippen LogP contribution in [-0.2, 0) is 11.3 Å². The summed E-state index contributed by atoms with van der Waals surface area (Å²) in [4.78, 5) is 24.1. The minimum Gasteiger partial charge on any atom is -0.339 e. The first-order valence-corrected chi connectivity index (χ1v) is 5.91. The molecule has 0 bridgehead atoms. The highest BCUT2D eigenvalue weighted by Crippen LogP contribution is 2.19. The molecule has 1 amide bonds. The van der Waals surface area contributed by atoms with Gasteiger partial charge in [0.1, 0.15) is 17.9 Å². The number of piperazine rings is 1. The number of nitrogens with one attached hydrogen (secondary N) is 1. The van der Waals surface area contributed by atoms with Gasteiger partial charge < -0.3 is 10.2 Å². The predicted molar refractivity (Wildman–Crippen MR) is 62.0 cm³/mol. The number of halogens is 2. The second-order valence-electron chi connectivity index (χ2n) is 4.20. The molecule has 1 N–H and O–H groups in total. The molecule has 1 fully saturated rings. The molecule has 0 radical (unpaired) electrons. The quantitative estimate of drug-likeness (QED) is 0.787. The van der Waals surface area contributed by atoms with E-state index in [0.29, 0.717) is 32.5 Å². The summed E-state index contributed by atoms with van der Waals surface area (Å²) in [5, 5.41) is 6.78. The number of hydrogen-bond donors (Lipinski definition) is 1. The molecule has 104 valence electrons. The van der Waals surface area contributed by atoms with E-state index in [4.69, 9.17) is 0 Å². The number of nitrogens with zero attached hydrogens (tertiary/aromatic N) is 3. The molecule has 1 aromatic rings. The average molecular weight is 272 g/mol. The third kappa shape index (κ3) is 3.14. The highest BCUT2D eigenvalue weighted by molar-refractivity contribution is 5.76. The van der Waals surface area contributed by atoms with Crippen LogP contribution in [0.15, 0.2) is 6.07 Å². The minimum atomic E-state index is -2.77. The van der Waals surface area contributed by atoms with E-state index in [1.54, 1.807) is 4.90 Å². The van der Waals surface area contributed by atoms with Gasteiger partial charge in [0.2, 0.25) is 5.91 Å². The maximum Gasteiger partial charge on any atom is 0.280 e. The number of aldehydes is 1. The summed E-state index contributed by atoms with van der Waals surface area (Å²) in [7, 11) is 0. The van der Waals surface area contributed by atoms with Gasteiger partial charge >= 0.3 is 0 Å². The van der Waals surface area contributed by atoms with Crippen LogP contribution in [0.2, 0.25) is 0 Å². The van der Waals surface area contributed by atoms with E-state index in [0.717, 1.165) is 10.7 Å². The Morgan fingerprint density at radius 2 is 2.16 bits per heavy atom. The number of carbonyl (C=O) groups is 2. The fourth-order valence-electron chi connectivity index (χ4n) is 1.95. The van der Waals surface area contributed by atoms with Crippen molar-refractivity contribution >= 4 is 12.2 Å². The molecule has 1 aliphatic rings. The monoisotopic (exact) mass is 272 g/mol. The first-order chi connectivity index (χ1) is 9.11. The Hall–Kier alpha value is -1.83. The molecule has 2 heterocycles. The molecule has 1 saturated heterocycles. The number of alkyl halides is 2. The molecule has 0 aromatic carbocycles. The van der Waals surface area contributed by atoms with Crippen molar-refractivity contribution in [2.24, 2.45) is 0 Å². The lowest BCUT2D eigenvalue weighted by Crippen LogP contribution is -2.47. The molecule has 0 saturated carbocycles. The Labute approximate surface area is 108 Å². The van der Waals surface area contributed by atoms with Crippen LogP contribution in [0.1, 0.15) is 22.6 Å². The van der Waals surface area contributed by atoms with E-state index >= 15 is 0 Å². The van der Waals surface area contributed by atoms with Gasteiger partial charge in [0.05, 0.1) is 0 Å². The van der Waals surface area contributed by atoms with Crippen LogP contribution in [0.5, 0.6) is 0 Å². The van der Waals surface area contributed by atoms with Crippen molar-refractivity contribution in [2.75, 3.05) is 26.2 Å². The minimum absolute atomic E-state index is 0.0941. The summed E-state index contributed by atoms with van der Waals surface area (Å²) in [5.41, 5.74) is -0.506. The Morgan fingerprint density at radius 3 is 2.74 bits per heavy atom. The van der Waals surface area contributed by atoms with Gasteiger partial charge in [-0.3, -0.25) is 14.3 Å². The first kappa shape index (κ1) is 13.6. The van der Waals surface area contributed by atoms with Crippen molar-refractivity contribution in [3.05, 3.63) is 17.5 Å². The number of amides is 1. The largest absolute Gasteiger partial charge is 0.339 e. The summed E-state index contributed by atoms with van der Waals surface area (Å²) in [6.45, 7) is 2.20. The summed E-state index contributed by atoms with van der Waals surface area (Å²) in [5.74, 6) is -0.274. The van der Waals surface area contributed by atoms with Crippen molar-refractivity contribution in [3.63, 3.8) is 0 Å². The third-order valence-corrected chi connectivity index (χ3v) is 2.93. The smallest absolute Gasteiger partial charge is 0.280 e. The fraction of sp³-hybridized carbons (Fsp3) is 0.545. The Balaban J connectivity index is 2.10. The molecule has 0 atom stereocenters. The first-order valence-electron chi connectivity index (χ1n) is 5.91. The second kappa shape index (κ2) is 5.87. The van der Waals surface area contributed by atoms with Gasteiger partial charge in [-0.05, 0) is 6.07 Å². The zero-order chi connectivity index (χ0) is 13.8. The Bertz CT molecular complexity index is 469. The lowest BCUT2D eigenvalue weighted by Gasteiger charge is -2.27. The number of rotatable bonds is 4. The standard InChI is InChI=1S/C11H14F2N4O2/c12-11(13)9-5-8(7-18)15-17(9)6-10(19)16-3-1-14-2-4-16/h5,7,11,14H,1-4,6H2. The van der Waals surface area contributed by atoms with Gasteiger partial charge in [0.15, 0.2) is 6.29 Å². The molecule has 0 spiro atoms. The molecule has 6 nitrogen and oxygen atoms in total. The lowest BCUT2D eigenvalue weighted by atomic mass is 10.3. The van der Waals surface area contributed by atoms with Crippen LogP contribution in [0.3, 0.4) is 0 Å². The van der Waals surface area contributed by atoms with Crippen LogP contribution >= 0.6 is 0 Å². The van der Waals surface area contributed by atoms with Crippen LogP contribution < -0.4 is 5.32 Å². The molecule has 19 heavy (non-hydrogen) atoms. The topological polar surface area (TPSA) is 67.2 Å². The summed E-state index contributed by atoms with van der Waals surface area (Å²) in [6, 6.07) is 1.00. The summed E-state index contributed by atoms with van der Waals surface area (Å²) >= 11 is 0. The van der Waals surface area contributed by atoms with Crippen LogP contribution in [0, 0.1) is 0 Å². The van der Waals surface area contributed by atoms with Crippen molar-refractivity contribution in [2.45, 2.75) is 13.0 Å². The van der Waals surface area contributed by atoms with Gasteiger partial charge in [-0.1, -0.05) is 0 Å². The van der Waals surface area contributed by atoms with Gasteiger partial charge in [-0.2, -0.15) is 5.10 Å². The van der Waals surface area contributed by atoms with Gasteiger partial charge in [-0.15, -0.1) is 0 Å². The zero-order valence-electron chi connectivity index (χ0n) is 10.2. The average Bonchev–Trinajstić information content (AvgIpc) is 2.83. The van der Waals surface area contributed by atoms with Crippen molar-refractivity contribution < 1.29 is 18.4 Å². The predicted octanol–water partition coefficient (Wildman–Crippen LogP) is 0.0650. The fourth-order valence-corrected chi connectivity index (χ4v) is 1.95. The molecule has 0 aliphatic carbocycles. The van der Waals surface area contributed by atoms with E-state index in [9.17, 15) is 18.4 Å². The maximum absolute atomic E-state index is 12.8. The maximum atomic E-state index is 12.8. The van der Waals surface area contributed by atoms with Crippen LogP contribution in [-0.4, -0.2) is 53.1 Å². The van der Waals surface area contributed by atoms with Crippen LogP contribution in [0.25, 0.3) is 0 Å². The Morgan fingerprint density at radius 1 is 1.47 bits per heavy atom. The molecule has 2 rings (SSSR count). The van der Waals surface area contributed by atoms with Gasteiger partial charge in [-0.25, -0.2) is 8.78 Å². The molecule has 1 aromatic heterocycles. The number of aromatic nitrogens is 2. The normalized spacial score (nSPS) is 15.8. The van der Waals surface area contributed by atoms with Crippen molar-refractivity contribution in [1.29, 1.82) is 0 Å². The molecular formula is C11H14F2N4O2. The third-order valence-electron chi connectivity index (χ3n) is 2.93. The SMILES string of the molecule is O=Cc1cc(C(F)F)n(CC(=O)N2CCNCC2)n1. The van der Waals surface area contributed by atoms with Gasteiger partial charge in [0, 0.05) is 26.2 Å². The summed E-state index contributed by atoms with van der Waals surface area (Å²) in [6.07, 6.45) is -2.38. The molecule has 8 heteroatoms. The lowest BCUT2D eigenvalue weighted by molar-refractivity contribution is -0.132. The van der Waals surface area contributed by atoms with E-state index in [2.05, 4.69) is 10.4 Å². The van der Waals surface area contributed by atoms with E-state index < -0.39 is 12.1 Å². The zero-order valence-corrected chi connectivity index (χ0v) is 10.2. The summed E-state index contributed by atoms with van der Waals surface area (Å²) < 4.78 is 26.4. The van der Waals surface area contributed by atoms with E-state index in [1.165, 1.54) is 0 Å². The second-order valence-corrected chi connectivity index (χ2v) is 4.20. The molecular weight excluding hydrogens is 258 g/mol. The Kier molecular flexibility index (Phi) is 4.20. The molecule has 0 unspecified atom stereocenters. The van der Waals surface area contributed by atoms with E-state index in [-0.39, 0.29) is 18.1 Å². The molecule has 1 aliphatic heterocycles. The highest BCUT2D eigenvalue weighted by Gasteiger charge is 2.21. The van der Waals surface area contributed by atoms with Crippen molar-refractivity contribution in [3.8, 4) is 0 Å². The van der Waals surface area contributed by atoms with Gasteiger partial charge in [0.25, 0.3) is 6.43 Å².